The van der Waals surface area contributed by atoms with Gasteiger partial charge in [-0.25, -0.2) is 18.2 Å². The van der Waals surface area contributed by atoms with Crippen LogP contribution in [0, 0.1) is 6.92 Å². The van der Waals surface area contributed by atoms with Crippen LogP contribution in [0.25, 0.3) is 22.2 Å². The van der Waals surface area contributed by atoms with Crippen molar-refractivity contribution in [2.45, 2.75) is 37.1 Å². The molecule has 0 unspecified atom stereocenters. The minimum absolute atomic E-state index is 0.0186. The fraction of sp³-hybridized carbons (Fsp3) is 0.238. The largest absolute Gasteiger partial charge is 0.507 e. The number of rotatable bonds is 4. The number of nitrogens with zero attached hydrogens (tertiary/aromatic N) is 1. The Bertz CT molecular complexity index is 1310. The Kier molecular flexibility index (Phi) is 5.47. The molecule has 10 heteroatoms. The topological polar surface area (TPSA) is 105 Å². The number of carboxylic acids is 1. The zero-order chi connectivity index (χ0) is 23.3. The number of alkyl halides is 3. The van der Waals surface area contributed by atoms with Crippen LogP contribution in [0.2, 0.25) is 0 Å². The third kappa shape index (κ3) is 3.95. The van der Waals surface area contributed by atoms with Crippen molar-refractivity contribution in [2.75, 3.05) is 0 Å². The number of phenols is 1. The molecule has 0 aliphatic carbocycles. The fourth-order valence-corrected chi connectivity index (χ4v) is 4.40. The Balaban J connectivity index is 2.39. The molecule has 6 nitrogen and oxygen atoms in total. The molecule has 1 heterocycles. The Hall–Kier alpha value is -3.14. The molecular weight excluding hydrogens is 435 g/mol. The van der Waals surface area contributed by atoms with Crippen LogP contribution in [-0.4, -0.2) is 34.8 Å². The number of aromatic nitrogens is 1. The minimum atomic E-state index is -4.60. The van der Waals surface area contributed by atoms with Crippen molar-refractivity contribution in [2.24, 2.45) is 0 Å². The van der Waals surface area contributed by atoms with Crippen LogP contribution in [0.4, 0.5) is 13.2 Å². The normalized spacial score (nSPS) is 12.5. The molecule has 0 aliphatic heterocycles. The number of aromatic hydroxyl groups is 1. The number of sulfone groups is 1. The van der Waals surface area contributed by atoms with Crippen LogP contribution in [0.15, 0.2) is 41.3 Å². The average molecular weight is 453 g/mol. The van der Waals surface area contributed by atoms with Gasteiger partial charge in [0.25, 0.3) is 0 Å². The molecule has 1 aromatic heterocycles. The predicted molar refractivity (Wildman–Crippen MR) is 108 cm³/mol. The third-order valence-electron chi connectivity index (χ3n) is 4.91. The van der Waals surface area contributed by atoms with E-state index in [1.54, 1.807) is 0 Å². The van der Waals surface area contributed by atoms with Gasteiger partial charge in [-0.05, 0) is 44.5 Å². The summed E-state index contributed by atoms with van der Waals surface area (Å²) >= 11 is 0. The second kappa shape index (κ2) is 7.52. The van der Waals surface area contributed by atoms with Crippen molar-refractivity contribution in [3.63, 3.8) is 0 Å². The van der Waals surface area contributed by atoms with Crippen molar-refractivity contribution in [1.29, 1.82) is 0 Å². The number of pyridine rings is 1. The molecule has 0 aliphatic rings. The lowest BCUT2D eigenvalue weighted by Crippen LogP contribution is -2.14. The predicted octanol–water partition coefficient (Wildman–Crippen LogP) is 4.81. The van der Waals surface area contributed by atoms with Gasteiger partial charge in [0.05, 0.1) is 27.6 Å². The zero-order valence-corrected chi connectivity index (χ0v) is 17.5. The maximum Gasteiger partial charge on any atom is 0.416 e. The number of hydrogen-bond acceptors (Lipinski definition) is 5. The Labute approximate surface area is 175 Å². The maximum absolute atomic E-state index is 13.1. The Morgan fingerprint density at radius 3 is 2.32 bits per heavy atom. The number of benzene rings is 2. The van der Waals surface area contributed by atoms with E-state index in [-0.39, 0.29) is 33.3 Å². The molecule has 0 fully saturated rings. The quantitative estimate of drug-likeness (QED) is 0.587. The first-order chi connectivity index (χ1) is 14.2. The first-order valence-corrected chi connectivity index (χ1v) is 10.6. The highest BCUT2D eigenvalue weighted by Crippen LogP contribution is 2.37. The van der Waals surface area contributed by atoms with E-state index in [4.69, 9.17) is 0 Å². The molecule has 0 saturated carbocycles. The molecule has 3 aromatic rings. The first kappa shape index (κ1) is 22.5. The van der Waals surface area contributed by atoms with Gasteiger partial charge in [0.2, 0.25) is 0 Å². The smallest absolute Gasteiger partial charge is 0.416 e. The van der Waals surface area contributed by atoms with Gasteiger partial charge in [-0.2, -0.15) is 13.2 Å². The molecule has 2 aromatic carbocycles. The van der Waals surface area contributed by atoms with E-state index in [0.717, 1.165) is 24.3 Å². The van der Waals surface area contributed by atoms with Crippen LogP contribution >= 0.6 is 0 Å². The highest BCUT2D eigenvalue weighted by atomic mass is 32.2. The summed E-state index contributed by atoms with van der Waals surface area (Å²) in [6, 6.07) is 6.32. The Morgan fingerprint density at radius 2 is 1.77 bits per heavy atom. The number of carbonyl (C=O) groups is 1. The molecule has 0 atom stereocenters. The zero-order valence-electron chi connectivity index (χ0n) is 16.6. The van der Waals surface area contributed by atoms with E-state index < -0.39 is 43.4 Å². The van der Waals surface area contributed by atoms with Crippen LogP contribution in [0.5, 0.6) is 5.75 Å². The second-order valence-corrected chi connectivity index (χ2v) is 9.75. The summed E-state index contributed by atoms with van der Waals surface area (Å²) in [4.78, 5) is 15.8. The van der Waals surface area contributed by atoms with Crippen LogP contribution in [-0.2, 0) is 16.0 Å². The molecular formula is C21H18F3NO5S. The minimum Gasteiger partial charge on any atom is -0.507 e. The van der Waals surface area contributed by atoms with E-state index in [0.29, 0.717) is 0 Å². The lowest BCUT2D eigenvalue weighted by Gasteiger charge is -2.16. The number of hydrogen-bond donors (Lipinski definition) is 2. The second-order valence-electron chi connectivity index (χ2n) is 7.27. The van der Waals surface area contributed by atoms with E-state index >= 15 is 0 Å². The summed E-state index contributed by atoms with van der Waals surface area (Å²) in [7, 11) is -3.93. The standard InChI is InChI=1S/C21H18F3NO5S/c1-10(2)31(29,30)17-8-14-15(9-16(17)26)25-19(11(3)18(14)20(27)28)12-5-4-6-13(7-12)21(22,23)24/h4-10,26H,1-3H3,(H,27,28). The summed E-state index contributed by atoms with van der Waals surface area (Å²) in [5.74, 6) is -2.03. The molecule has 3 rings (SSSR count). The number of phenolic OH excluding ortho intramolecular Hbond substituents is 1. The van der Waals surface area contributed by atoms with Gasteiger partial charge in [0.1, 0.15) is 10.6 Å². The molecule has 0 radical (unpaired) electrons. The first-order valence-electron chi connectivity index (χ1n) is 9.07. The molecule has 0 bridgehead atoms. The SMILES string of the molecule is Cc1c(-c2cccc(C(F)(F)F)c2)nc2cc(O)c(S(=O)(=O)C(C)C)cc2c1C(=O)O. The van der Waals surface area contributed by atoms with Crippen LogP contribution in [0.3, 0.4) is 0 Å². The van der Waals surface area contributed by atoms with E-state index in [9.17, 15) is 36.6 Å². The van der Waals surface area contributed by atoms with Crippen molar-refractivity contribution < 1.29 is 36.6 Å². The highest BCUT2D eigenvalue weighted by Gasteiger charge is 2.31. The number of fused-ring (bicyclic) bond motifs is 1. The van der Waals surface area contributed by atoms with E-state index in [1.165, 1.54) is 32.9 Å². The van der Waals surface area contributed by atoms with Gasteiger partial charge in [-0.1, -0.05) is 12.1 Å². The van der Waals surface area contributed by atoms with Gasteiger partial charge in [-0.15, -0.1) is 0 Å². The number of carboxylic acid groups (broad SMARTS) is 1. The molecule has 0 saturated heterocycles. The number of halogens is 3. The Morgan fingerprint density at radius 1 is 1.13 bits per heavy atom. The van der Waals surface area contributed by atoms with Crippen molar-refractivity contribution in [3.05, 3.63) is 53.1 Å². The van der Waals surface area contributed by atoms with Gasteiger partial charge < -0.3 is 10.2 Å². The summed E-state index contributed by atoms with van der Waals surface area (Å²) in [5, 5.41) is 19.1. The fourth-order valence-electron chi connectivity index (χ4n) is 3.26. The number of aromatic carboxylic acids is 1. The molecule has 0 spiro atoms. The summed E-state index contributed by atoms with van der Waals surface area (Å²) in [6.07, 6.45) is -4.60. The summed E-state index contributed by atoms with van der Waals surface area (Å²) < 4.78 is 64.4. The third-order valence-corrected chi connectivity index (χ3v) is 7.09. The maximum atomic E-state index is 13.1. The van der Waals surface area contributed by atoms with Crippen LogP contribution in [0.1, 0.15) is 35.3 Å². The van der Waals surface area contributed by atoms with Gasteiger partial charge in [0.15, 0.2) is 9.84 Å². The lowest BCUT2D eigenvalue weighted by atomic mass is 9.96. The van der Waals surface area contributed by atoms with Crippen LogP contribution < -0.4 is 0 Å². The summed E-state index contributed by atoms with van der Waals surface area (Å²) in [6.45, 7) is 4.21. The van der Waals surface area contributed by atoms with Gasteiger partial charge in [-0.3, -0.25) is 0 Å². The van der Waals surface area contributed by atoms with Crippen molar-refractivity contribution in [3.8, 4) is 17.0 Å². The highest BCUT2D eigenvalue weighted by molar-refractivity contribution is 7.92. The van der Waals surface area contributed by atoms with Gasteiger partial charge >= 0.3 is 12.1 Å². The molecule has 2 N–H and O–H groups in total. The monoisotopic (exact) mass is 453 g/mol. The van der Waals surface area contributed by atoms with E-state index in [1.807, 2.05) is 0 Å². The van der Waals surface area contributed by atoms with Crippen molar-refractivity contribution >= 4 is 26.7 Å². The summed E-state index contributed by atoms with van der Waals surface area (Å²) in [5.41, 5.74) is -1.21. The lowest BCUT2D eigenvalue weighted by molar-refractivity contribution is -0.137. The molecule has 31 heavy (non-hydrogen) atoms. The average Bonchev–Trinajstić information content (AvgIpc) is 2.66. The molecule has 0 amide bonds. The van der Waals surface area contributed by atoms with Crippen molar-refractivity contribution in [1.82, 2.24) is 4.98 Å². The van der Waals surface area contributed by atoms with E-state index in [2.05, 4.69) is 4.98 Å². The van der Waals surface area contributed by atoms with Gasteiger partial charge in [0, 0.05) is 17.0 Å². The molecule has 164 valence electrons.